The SMILES string of the molecule is CC(Sc1nc(N)c(C#N)c(-c2c([O-])on[n+]2C)c1C#N)C(=O)Nc1c(F)c(F)cc(F)c1F. The molecule has 3 aromatic rings. The van der Waals surface area contributed by atoms with Gasteiger partial charge in [-0.15, -0.1) is 0 Å². The number of hydrogen-bond acceptors (Lipinski definition) is 9. The van der Waals surface area contributed by atoms with E-state index in [0.29, 0.717) is 11.8 Å². The number of aryl methyl sites for hydroxylation is 1. The van der Waals surface area contributed by atoms with Crippen molar-refractivity contribution in [2.75, 3.05) is 11.1 Å². The van der Waals surface area contributed by atoms with Crippen LogP contribution in [0.25, 0.3) is 11.3 Å². The second kappa shape index (κ2) is 9.24. The van der Waals surface area contributed by atoms with Gasteiger partial charge >= 0.3 is 0 Å². The summed E-state index contributed by atoms with van der Waals surface area (Å²) in [7, 11) is 1.31. The Hall–Kier alpha value is -4.37. The van der Waals surface area contributed by atoms with E-state index in [1.54, 1.807) is 17.5 Å². The first-order chi connectivity index (χ1) is 16.0. The van der Waals surface area contributed by atoms with E-state index in [1.165, 1.54) is 14.0 Å². The molecule has 15 heteroatoms. The van der Waals surface area contributed by atoms with Crippen LogP contribution in [-0.4, -0.2) is 21.4 Å². The molecule has 0 aliphatic carbocycles. The van der Waals surface area contributed by atoms with Crippen molar-refractivity contribution in [1.82, 2.24) is 10.3 Å². The molecular weight excluding hydrogens is 482 g/mol. The third-order valence-corrected chi connectivity index (χ3v) is 5.52. The standard InChI is InChI=1S/C19H11F4N7O3S/c1-6(17(31)27-14-12(22)9(20)3-10(21)13(14)23)34-18-8(5-25)11(7(4-24)16(26)28-18)15-19(32)33-29-30(15)2/h3,6H,1-2H3,(H3-,26,27,28,29,31,32). The highest BCUT2D eigenvalue weighted by Crippen LogP contribution is 2.38. The number of rotatable bonds is 5. The average Bonchev–Trinajstić information content (AvgIpc) is 3.12. The number of nitrogens with two attached hydrogens (primary N) is 1. The molecule has 0 radical (unpaired) electrons. The molecule has 0 spiro atoms. The van der Waals surface area contributed by atoms with E-state index in [-0.39, 0.29) is 33.5 Å². The first-order valence-electron chi connectivity index (χ1n) is 8.99. The summed E-state index contributed by atoms with van der Waals surface area (Å²) in [4.78, 5) is 16.4. The molecule has 10 nitrogen and oxygen atoms in total. The van der Waals surface area contributed by atoms with E-state index in [2.05, 4.69) is 14.8 Å². The Morgan fingerprint density at radius 3 is 2.32 bits per heavy atom. The highest BCUT2D eigenvalue weighted by Gasteiger charge is 2.31. The Kier molecular flexibility index (Phi) is 6.60. The van der Waals surface area contributed by atoms with Crippen LogP contribution < -0.4 is 20.8 Å². The fourth-order valence-electron chi connectivity index (χ4n) is 2.83. The predicted molar refractivity (Wildman–Crippen MR) is 104 cm³/mol. The number of carbonyl (C=O) groups excluding carboxylic acids is 1. The van der Waals surface area contributed by atoms with Crippen LogP contribution in [0.5, 0.6) is 5.95 Å². The molecule has 1 aromatic carbocycles. The van der Waals surface area contributed by atoms with Gasteiger partial charge in [0.15, 0.2) is 36.3 Å². The molecule has 1 unspecified atom stereocenters. The van der Waals surface area contributed by atoms with Gasteiger partial charge in [0, 0.05) is 6.07 Å². The summed E-state index contributed by atoms with van der Waals surface area (Å²) in [6.45, 7) is 1.24. The number of nitrogen functional groups attached to an aromatic ring is 1. The van der Waals surface area contributed by atoms with E-state index < -0.39 is 51.9 Å². The summed E-state index contributed by atoms with van der Waals surface area (Å²) >= 11 is 0.569. The summed E-state index contributed by atoms with van der Waals surface area (Å²) in [5.41, 5.74) is 3.28. The van der Waals surface area contributed by atoms with Crippen LogP contribution in [0.3, 0.4) is 0 Å². The quantitative estimate of drug-likeness (QED) is 0.232. The molecule has 0 aliphatic rings. The molecular formula is C19H11F4N7O3S. The van der Waals surface area contributed by atoms with Crippen molar-refractivity contribution in [3.05, 3.63) is 40.5 Å². The Labute approximate surface area is 192 Å². The monoisotopic (exact) mass is 493 g/mol. The molecule has 3 N–H and O–H groups in total. The van der Waals surface area contributed by atoms with Gasteiger partial charge in [-0.3, -0.25) is 4.79 Å². The van der Waals surface area contributed by atoms with Crippen molar-refractivity contribution in [2.45, 2.75) is 17.2 Å². The maximum atomic E-state index is 13.9. The van der Waals surface area contributed by atoms with Crippen molar-refractivity contribution in [2.24, 2.45) is 7.05 Å². The van der Waals surface area contributed by atoms with Gasteiger partial charge in [0.1, 0.15) is 34.2 Å². The van der Waals surface area contributed by atoms with Gasteiger partial charge < -0.3 is 20.7 Å². The minimum atomic E-state index is -1.81. The highest BCUT2D eigenvalue weighted by atomic mass is 32.2. The van der Waals surface area contributed by atoms with E-state index in [1.807, 2.05) is 0 Å². The normalized spacial score (nSPS) is 11.5. The third kappa shape index (κ3) is 4.16. The Balaban J connectivity index is 2.03. The summed E-state index contributed by atoms with van der Waals surface area (Å²) in [6.07, 6.45) is 0. The molecule has 174 valence electrons. The summed E-state index contributed by atoms with van der Waals surface area (Å²) < 4.78 is 60.1. The first-order valence-corrected chi connectivity index (χ1v) is 9.87. The number of amides is 1. The number of benzene rings is 1. The van der Waals surface area contributed by atoms with Crippen molar-refractivity contribution in [3.8, 4) is 29.3 Å². The van der Waals surface area contributed by atoms with E-state index in [9.17, 15) is 38.0 Å². The molecule has 0 fully saturated rings. The molecule has 2 aromatic heterocycles. The fourth-order valence-corrected chi connectivity index (χ4v) is 3.74. The lowest BCUT2D eigenvalue weighted by Crippen LogP contribution is -2.32. The van der Waals surface area contributed by atoms with Gasteiger partial charge in [0.25, 0.3) is 5.69 Å². The Morgan fingerprint density at radius 2 is 1.82 bits per heavy atom. The molecule has 0 saturated heterocycles. The molecule has 3 rings (SSSR count). The molecule has 0 aliphatic heterocycles. The number of carbonyl (C=O) groups is 1. The van der Waals surface area contributed by atoms with Crippen LogP contribution in [0.2, 0.25) is 0 Å². The minimum absolute atomic E-state index is 0.0162. The summed E-state index contributed by atoms with van der Waals surface area (Å²) in [5.74, 6) is -9.55. The lowest BCUT2D eigenvalue weighted by Gasteiger charge is -2.15. The topological polar surface area (TPSA) is 169 Å². The van der Waals surface area contributed by atoms with Crippen LogP contribution in [0.15, 0.2) is 15.6 Å². The highest BCUT2D eigenvalue weighted by molar-refractivity contribution is 8.00. The lowest BCUT2D eigenvalue weighted by atomic mass is 10.0. The minimum Gasteiger partial charge on any atom is -0.539 e. The number of aromatic nitrogens is 3. The van der Waals surface area contributed by atoms with Gasteiger partial charge in [-0.05, 0) is 6.92 Å². The number of hydrogen-bond donors (Lipinski definition) is 2. The Bertz CT molecular complexity index is 1370. The van der Waals surface area contributed by atoms with Gasteiger partial charge in [0.2, 0.25) is 5.91 Å². The molecule has 1 atom stereocenters. The van der Waals surface area contributed by atoms with Crippen molar-refractivity contribution in [3.63, 3.8) is 0 Å². The molecule has 0 saturated carbocycles. The number of thioether (sulfide) groups is 1. The van der Waals surface area contributed by atoms with Crippen LogP contribution in [-0.2, 0) is 11.8 Å². The molecule has 2 heterocycles. The first kappa shape index (κ1) is 24.3. The van der Waals surface area contributed by atoms with Gasteiger partial charge in [0.05, 0.1) is 21.6 Å². The summed E-state index contributed by atoms with van der Waals surface area (Å²) in [6, 6.07) is 3.49. The molecule has 0 bridgehead atoms. The smallest absolute Gasteiger partial charge is 0.266 e. The number of nitrogens with zero attached hydrogens (tertiary/aromatic N) is 5. The predicted octanol–water partition coefficient (Wildman–Crippen LogP) is 1.64. The zero-order valence-corrected chi connectivity index (χ0v) is 17.9. The lowest BCUT2D eigenvalue weighted by molar-refractivity contribution is -0.730. The summed E-state index contributed by atoms with van der Waals surface area (Å²) in [5, 5.41) is 35.0. The van der Waals surface area contributed by atoms with E-state index in [0.717, 1.165) is 4.68 Å². The number of pyridine rings is 1. The van der Waals surface area contributed by atoms with Crippen LogP contribution >= 0.6 is 11.8 Å². The molecule has 1 amide bonds. The fraction of sp³-hybridized carbons (Fsp3) is 0.158. The van der Waals surface area contributed by atoms with E-state index in [4.69, 9.17) is 5.73 Å². The Morgan fingerprint density at radius 1 is 1.24 bits per heavy atom. The van der Waals surface area contributed by atoms with Crippen LogP contribution in [0, 0.1) is 45.9 Å². The zero-order chi connectivity index (χ0) is 25.3. The van der Waals surface area contributed by atoms with E-state index >= 15 is 0 Å². The van der Waals surface area contributed by atoms with Crippen molar-refractivity contribution < 1.29 is 36.7 Å². The van der Waals surface area contributed by atoms with Gasteiger partial charge in [-0.1, -0.05) is 16.4 Å². The van der Waals surface area contributed by atoms with Crippen LogP contribution in [0.4, 0.5) is 29.1 Å². The van der Waals surface area contributed by atoms with Crippen molar-refractivity contribution >= 4 is 29.2 Å². The average molecular weight is 493 g/mol. The number of nitrogens with one attached hydrogen (secondary N) is 1. The third-order valence-electron chi connectivity index (χ3n) is 4.43. The molecule has 34 heavy (non-hydrogen) atoms. The maximum absolute atomic E-state index is 13.9. The maximum Gasteiger partial charge on any atom is 0.266 e. The largest absolute Gasteiger partial charge is 0.539 e. The van der Waals surface area contributed by atoms with Gasteiger partial charge in [-0.25, -0.2) is 22.5 Å². The zero-order valence-electron chi connectivity index (χ0n) is 17.1. The number of halogens is 4. The second-order valence-electron chi connectivity index (χ2n) is 6.58. The van der Waals surface area contributed by atoms with Gasteiger partial charge in [-0.2, -0.15) is 10.5 Å². The second-order valence-corrected chi connectivity index (χ2v) is 7.91. The number of anilines is 2. The number of nitriles is 2. The van der Waals surface area contributed by atoms with Crippen LogP contribution in [0.1, 0.15) is 18.1 Å². The van der Waals surface area contributed by atoms with Crippen molar-refractivity contribution in [1.29, 1.82) is 10.5 Å².